The fourth-order valence-corrected chi connectivity index (χ4v) is 2.67. The van der Waals surface area contributed by atoms with Crippen LogP contribution in [0.1, 0.15) is 20.3 Å². The fraction of sp³-hybridized carbons (Fsp3) is 0.571. The lowest BCUT2D eigenvalue weighted by atomic mass is 10.2. The third-order valence-corrected chi connectivity index (χ3v) is 4.51. The Kier molecular flexibility index (Phi) is 5.83. The maximum absolute atomic E-state index is 11.6. The summed E-state index contributed by atoms with van der Waals surface area (Å²) in [6.07, 6.45) is 2.14. The van der Waals surface area contributed by atoms with Gasteiger partial charge < -0.3 is 16.0 Å². The molecule has 5 nitrogen and oxygen atoms in total. The van der Waals surface area contributed by atoms with Crippen LogP contribution in [0.15, 0.2) is 23.1 Å². The predicted octanol–water partition coefficient (Wildman–Crippen LogP) is 1.81. The molecule has 0 saturated carbocycles. The molecule has 3 N–H and O–H groups in total. The standard InChI is InChI=1S/C14H25N3O2S/c1-11(2)17(3)10-6-9-16-12-7-5-8-13(14(12)15)20(4,18)19/h5,7-8,11,16H,6,9-10,15H2,1-4H3. The van der Waals surface area contributed by atoms with Crippen molar-refractivity contribution >= 4 is 21.2 Å². The van der Waals surface area contributed by atoms with E-state index < -0.39 is 9.84 Å². The highest BCUT2D eigenvalue weighted by atomic mass is 32.2. The number of benzene rings is 1. The first-order valence-corrected chi connectivity index (χ1v) is 8.65. The van der Waals surface area contributed by atoms with Gasteiger partial charge in [0.25, 0.3) is 0 Å². The summed E-state index contributed by atoms with van der Waals surface area (Å²) in [6.45, 7) is 6.05. The van der Waals surface area contributed by atoms with E-state index in [-0.39, 0.29) is 4.90 Å². The van der Waals surface area contributed by atoms with E-state index in [1.54, 1.807) is 12.1 Å². The van der Waals surface area contributed by atoms with Crippen LogP contribution >= 0.6 is 0 Å². The van der Waals surface area contributed by atoms with Crippen molar-refractivity contribution in [1.29, 1.82) is 0 Å². The quantitative estimate of drug-likeness (QED) is 0.593. The first-order chi connectivity index (χ1) is 9.23. The Morgan fingerprint density at radius 3 is 2.55 bits per heavy atom. The number of nitrogen functional groups attached to an aromatic ring is 1. The lowest BCUT2D eigenvalue weighted by Gasteiger charge is -2.21. The Balaban J connectivity index is 2.62. The monoisotopic (exact) mass is 299 g/mol. The second-order valence-electron chi connectivity index (χ2n) is 5.34. The number of rotatable bonds is 7. The van der Waals surface area contributed by atoms with Crippen molar-refractivity contribution in [2.24, 2.45) is 0 Å². The topological polar surface area (TPSA) is 75.4 Å². The van der Waals surface area contributed by atoms with Gasteiger partial charge in [0.15, 0.2) is 9.84 Å². The van der Waals surface area contributed by atoms with Crippen LogP contribution in [0.5, 0.6) is 0 Å². The van der Waals surface area contributed by atoms with Gasteiger partial charge in [-0.15, -0.1) is 0 Å². The summed E-state index contributed by atoms with van der Waals surface area (Å²) in [4.78, 5) is 2.44. The highest BCUT2D eigenvalue weighted by Gasteiger charge is 2.13. The first kappa shape index (κ1) is 16.8. The summed E-state index contributed by atoms with van der Waals surface area (Å²) < 4.78 is 23.2. The van der Waals surface area contributed by atoms with Crippen molar-refractivity contribution in [1.82, 2.24) is 4.90 Å². The molecule has 20 heavy (non-hydrogen) atoms. The normalized spacial score (nSPS) is 12.1. The van der Waals surface area contributed by atoms with Crippen molar-refractivity contribution in [3.05, 3.63) is 18.2 Å². The molecule has 0 aliphatic carbocycles. The Labute approximate surface area is 122 Å². The number of hydrogen-bond donors (Lipinski definition) is 2. The number of nitrogens with zero attached hydrogens (tertiary/aromatic N) is 1. The van der Waals surface area contributed by atoms with Crippen LogP contribution in [0.3, 0.4) is 0 Å². The zero-order valence-corrected chi connectivity index (χ0v) is 13.5. The van der Waals surface area contributed by atoms with E-state index in [2.05, 4.69) is 31.1 Å². The van der Waals surface area contributed by atoms with Crippen molar-refractivity contribution in [3.63, 3.8) is 0 Å². The highest BCUT2D eigenvalue weighted by molar-refractivity contribution is 7.90. The number of anilines is 2. The molecule has 0 amide bonds. The van der Waals surface area contributed by atoms with Gasteiger partial charge in [-0.25, -0.2) is 8.42 Å². The van der Waals surface area contributed by atoms with E-state index in [0.717, 1.165) is 19.5 Å². The summed E-state index contributed by atoms with van der Waals surface area (Å²) in [7, 11) is -1.20. The molecule has 0 aliphatic heterocycles. The molecule has 0 unspecified atom stereocenters. The minimum atomic E-state index is -3.28. The Bertz CT molecular complexity index is 541. The minimum absolute atomic E-state index is 0.182. The van der Waals surface area contributed by atoms with Crippen LogP contribution in [0.2, 0.25) is 0 Å². The molecular formula is C14H25N3O2S. The van der Waals surface area contributed by atoms with Crippen LogP contribution in [0.4, 0.5) is 11.4 Å². The number of nitrogens with two attached hydrogens (primary N) is 1. The molecule has 1 aromatic rings. The zero-order chi connectivity index (χ0) is 15.3. The molecule has 1 rings (SSSR count). The van der Waals surface area contributed by atoms with Crippen molar-refractivity contribution in [2.45, 2.75) is 31.2 Å². The van der Waals surface area contributed by atoms with E-state index in [4.69, 9.17) is 5.73 Å². The molecule has 0 spiro atoms. The van der Waals surface area contributed by atoms with E-state index >= 15 is 0 Å². The second-order valence-corrected chi connectivity index (χ2v) is 7.33. The molecule has 6 heteroatoms. The summed E-state index contributed by atoms with van der Waals surface area (Å²) in [5, 5.41) is 3.20. The molecular weight excluding hydrogens is 274 g/mol. The summed E-state index contributed by atoms with van der Waals surface area (Å²) >= 11 is 0. The van der Waals surface area contributed by atoms with E-state index in [0.29, 0.717) is 17.4 Å². The maximum Gasteiger partial charge on any atom is 0.177 e. The van der Waals surface area contributed by atoms with Gasteiger partial charge in [-0.1, -0.05) is 6.07 Å². The van der Waals surface area contributed by atoms with Crippen LogP contribution in [-0.4, -0.2) is 45.8 Å². The van der Waals surface area contributed by atoms with Gasteiger partial charge in [0.05, 0.1) is 16.3 Å². The predicted molar refractivity (Wildman–Crippen MR) is 84.8 cm³/mol. The average Bonchev–Trinajstić information content (AvgIpc) is 2.34. The highest BCUT2D eigenvalue weighted by Crippen LogP contribution is 2.26. The number of para-hydroxylation sites is 1. The van der Waals surface area contributed by atoms with Gasteiger partial charge in [-0.3, -0.25) is 0 Å². The molecule has 0 fully saturated rings. The van der Waals surface area contributed by atoms with Crippen LogP contribution in [-0.2, 0) is 9.84 Å². The molecule has 1 aromatic carbocycles. The minimum Gasteiger partial charge on any atom is -0.396 e. The largest absolute Gasteiger partial charge is 0.396 e. The molecule has 0 heterocycles. The number of hydrogen-bond acceptors (Lipinski definition) is 5. The second kappa shape index (κ2) is 6.95. The van der Waals surface area contributed by atoms with Crippen molar-refractivity contribution < 1.29 is 8.42 Å². The number of nitrogens with one attached hydrogen (secondary N) is 1. The SMILES string of the molecule is CC(C)N(C)CCCNc1cccc(S(C)(=O)=O)c1N. The van der Waals surface area contributed by atoms with E-state index in [9.17, 15) is 8.42 Å². The smallest absolute Gasteiger partial charge is 0.177 e. The maximum atomic E-state index is 11.6. The average molecular weight is 299 g/mol. The Hall–Kier alpha value is -1.27. The van der Waals surface area contributed by atoms with E-state index in [1.165, 1.54) is 12.3 Å². The zero-order valence-electron chi connectivity index (χ0n) is 12.7. The van der Waals surface area contributed by atoms with Gasteiger partial charge >= 0.3 is 0 Å². The van der Waals surface area contributed by atoms with Gasteiger partial charge in [0, 0.05) is 18.8 Å². The lowest BCUT2D eigenvalue weighted by Crippen LogP contribution is -2.28. The first-order valence-electron chi connectivity index (χ1n) is 6.76. The van der Waals surface area contributed by atoms with Crippen LogP contribution in [0, 0.1) is 0 Å². The third kappa shape index (κ3) is 4.68. The number of sulfone groups is 1. The summed E-state index contributed by atoms with van der Waals surface area (Å²) in [5.41, 5.74) is 6.89. The molecule has 114 valence electrons. The molecule has 0 bridgehead atoms. The van der Waals surface area contributed by atoms with E-state index in [1.807, 2.05) is 0 Å². The summed E-state index contributed by atoms with van der Waals surface area (Å²) in [5.74, 6) is 0. The van der Waals surface area contributed by atoms with Gasteiger partial charge in [-0.2, -0.15) is 0 Å². The molecule has 0 radical (unpaired) electrons. The Morgan fingerprint density at radius 1 is 1.35 bits per heavy atom. The lowest BCUT2D eigenvalue weighted by molar-refractivity contribution is 0.273. The van der Waals surface area contributed by atoms with Gasteiger partial charge in [0.1, 0.15) is 0 Å². The molecule has 0 atom stereocenters. The molecule has 0 aliphatic rings. The van der Waals surface area contributed by atoms with Gasteiger partial charge in [0.2, 0.25) is 0 Å². The fourth-order valence-electron chi connectivity index (χ4n) is 1.83. The van der Waals surface area contributed by atoms with Crippen molar-refractivity contribution in [2.75, 3.05) is 37.4 Å². The van der Waals surface area contributed by atoms with Gasteiger partial charge in [-0.05, 0) is 46.0 Å². The summed E-state index contributed by atoms with van der Waals surface area (Å²) in [6, 6.07) is 5.56. The Morgan fingerprint density at radius 2 is 2.00 bits per heavy atom. The van der Waals surface area contributed by atoms with Crippen LogP contribution in [0.25, 0.3) is 0 Å². The third-order valence-electron chi connectivity index (χ3n) is 3.35. The van der Waals surface area contributed by atoms with Crippen LogP contribution < -0.4 is 11.1 Å². The molecule has 0 aromatic heterocycles. The molecule has 0 saturated heterocycles. The van der Waals surface area contributed by atoms with Crippen molar-refractivity contribution in [3.8, 4) is 0 Å².